The number of nitrogens with zero attached hydrogens (tertiary/aromatic N) is 5. The summed E-state index contributed by atoms with van der Waals surface area (Å²) < 4.78 is 32.4. The number of carbonyl (C=O) groups is 2. The largest absolute Gasteiger partial charge is 0.465 e. The van der Waals surface area contributed by atoms with Crippen LogP contribution in [0.5, 0.6) is 0 Å². The second-order valence-corrected chi connectivity index (χ2v) is 13.9. The number of fused-ring (bicyclic) bond motifs is 1. The number of thiazole rings is 1. The lowest BCUT2D eigenvalue weighted by Crippen LogP contribution is -2.48. The zero-order valence-electron chi connectivity index (χ0n) is 23.9. The second-order valence-electron chi connectivity index (χ2n) is 10.4. The van der Waals surface area contributed by atoms with Crippen molar-refractivity contribution in [3.05, 3.63) is 24.5 Å². The summed E-state index contributed by atoms with van der Waals surface area (Å²) in [4.78, 5) is 41.6. The van der Waals surface area contributed by atoms with Gasteiger partial charge in [-0.05, 0) is 52.3 Å². The van der Waals surface area contributed by atoms with Crippen LogP contribution in [0, 0.1) is 0 Å². The van der Waals surface area contributed by atoms with E-state index in [9.17, 15) is 18.0 Å². The number of piperazine rings is 1. The molecule has 0 radical (unpaired) electrons. The van der Waals surface area contributed by atoms with Gasteiger partial charge in [-0.15, -0.1) is 0 Å². The molecule has 0 atom stereocenters. The maximum Gasteiger partial charge on any atom is 0.321 e. The second kappa shape index (κ2) is 12.5. The number of nitrogens with one attached hydrogen (secondary N) is 3. The number of urea groups is 1. The van der Waals surface area contributed by atoms with Crippen molar-refractivity contribution < 1.29 is 22.7 Å². The molecule has 1 aromatic carbocycles. The lowest BCUT2D eigenvalue weighted by molar-refractivity contribution is -0.144. The normalized spacial score (nSPS) is 14.6. The fraction of sp³-hybridized carbons (Fsp3) is 0.500. The van der Waals surface area contributed by atoms with E-state index in [0.717, 1.165) is 16.0 Å². The van der Waals surface area contributed by atoms with Gasteiger partial charge < -0.3 is 15.0 Å². The first kappa shape index (κ1) is 30.4. The fourth-order valence-corrected chi connectivity index (χ4v) is 5.75. The molecule has 0 unspecified atom stereocenters. The van der Waals surface area contributed by atoms with Gasteiger partial charge in [-0.3, -0.25) is 19.7 Å². The summed E-state index contributed by atoms with van der Waals surface area (Å²) >= 11 is 1.38. The number of carbonyl (C=O) groups excluding carboxylic acids is 2. The first-order valence-corrected chi connectivity index (χ1v) is 15.7. The Balaban J connectivity index is 1.64. The highest BCUT2D eigenvalue weighted by atomic mass is 32.2. The predicted molar refractivity (Wildman–Crippen MR) is 161 cm³/mol. The summed E-state index contributed by atoms with van der Waals surface area (Å²) in [5.74, 6) is -0.244. The van der Waals surface area contributed by atoms with Gasteiger partial charge >= 0.3 is 12.0 Å². The van der Waals surface area contributed by atoms with Crippen LogP contribution in [0.1, 0.15) is 34.6 Å². The third-order valence-electron chi connectivity index (χ3n) is 6.42. The van der Waals surface area contributed by atoms with Gasteiger partial charge in [0.05, 0.1) is 33.8 Å². The molecule has 3 N–H and O–H groups in total. The van der Waals surface area contributed by atoms with E-state index >= 15 is 0 Å². The number of ether oxygens (including phenoxy) is 1. The fourth-order valence-electron chi connectivity index (χ4n) is 4.11. The first-order chi connectivity index (χ1) is 19.4. The monoisotopic (exact) mass is 604 g/mol. The van der Waals surface area contributed by atoms with Crippen molar-refractivity contribution >= 4 is 60.3 Å². The molecule has 0 spiro atoms. The number of anilines is 3. The van der Waals surface area contributed by atoms with Gasteiger partial charge in [0.25, 0.3) is 0 Å². The molecule has 1 fully saturated rings. The van der Waals surface area contributed by atoms with E-state index in [-0.39, 0.29) is 24.5 Å². The molecule has 0 bridgehead atoms. The average Bonchev–Trinajstić information content (AvgIpc) is 3.30. The number of hydrogen-bond donors (Lipinski definition) is 3. The Bertz CT molecular complexity index is 1490. The van der Waals surface area contributed by atoms with E-state index in [2.05, 4.69) is 40.1 Å². The number of esters is 1. The molecule has 4 rings (SSSR count). The molecule has 13 nitrogen and oxygen atoms in total. The SMILES string of the molecule is CCNC(=O)Nc1nc2cc(-c3cnc(NS(=O)(=O)C(C)(C)C)nc3)cc(N3CCN(CC(=O)OCC)CC3)c2s1. The molecule has 1 aliphatic heterocycles. The van der Waals surface area contributed by atoms with Crippen molar-refractivity contribution in [2.45, 2.75) is 39.4 Å². The smallest absolute Gasteiger partial charge is 0.321 e. The zero-order chi connectivity index (χ0) is 29.8. The van der Waals surface area contributed by atoms with Crippen molar-refractivity contribution in [1.29, 1.82) is 0 Å². The van der Waals surface area contributed by atoms with Crippen molar-refractivity contribution in [1.82, 2.24) is 25.2 Å². The summed E-state index contributed by atoms with van der Waals surface area (Å²) in [5.41, 5.74) is 3.11. The molecular weight excluding hydrogens is 568 g/mol. The maximum absolute atomic E-state index is 12.5. The highest BCUT2D eigenvalue weighted by Crippen LogP contribution is 2.38. The number of benzene rings is 1. The lowest BCUT2D eigenvalue weighted by Gasteiger charge is -2.35. The average molecular weight is 605 g/mol. The number of sulfonamides is 1. The summed E-state index contributed by atoms with van der Waals surface area (Å²) in [7, 11) is -3.67. The van der Waals surface area contributed by atoms with Gasteiger partial charge in [-0.25, -0.2) is 28.2 Å². The molecule has 0 aliphatic carbocycles. The standard InChI is InChI=1S/C26H36N8O5S2/c1-6-27-24(36)31-25-30-19-12-17(18-14-28-23(29-15-18)32-41(37,38)26(3,4)5)13-20(22(19)40-25)34-10-8-33(9-11-34)16-21(35)39-7-2/h12-15H,6-11,16H2,1-5H3,(H,28,29,32)(H2,27,30,31,36). The van der Waals surface area contributed by atoms with Crippen LogP contribution < -0.4 is 20.3 Å². The molecule has 0 saturated carbocycles. The molecule has 3 aromatic rings. The highest BCUT2D eigenvalue weighted by molar-refractivity contribution is 7.94. The maximum atomic E-state index is 12.5. The van der Waals surface area contributed by atoms with Crippen LogP contribution in [0.15, 0.2) is 24.5 Å². The van der Waals surface area contributed by atoms with E-state index in [1.807, 2.05) is 19.1 Å². The van der Waals surface area contributed by atoms with Crippen LogP contribution >= 0.6 is 11.3 Å². The van der Waals surface area contributed by atoms with E-state index in [4.69, 9.17) is 4.74 Å². The number of amides is 2. The highest BCUT2D eigenvalue weighted by Gasteiger charge is 2.30. The van der Waals surface area contributed by atoms with E-state index in [0.29, 0.717) is 55.5 Å². The van der Waals surface area contributed by atoms with Gasteiger partial charge in [0.2, 0.25) is 16.0 Å². The summed E-state index contributed by atoms with van der Waals surface area (Å²) in [6.45, 7) is 12.2. The van der Waals surface area contributed by atoms with Gasteiger partial charge in [0.15, 0.2) is 5.13 Å². The molecule has 1 saturated heterocycles. The molecule has 41 heavy (non-hydrogen) atoms. The van der Waals surface area contributed by atoms with Gasteiger partial charge in [0, 0.05) is 50.7 Å². The summed E-state index contributed by atoms with van der Waals surface area (Å²) in [5, 5.41) is 5.97. The van der Waals surface area contributed by atoms with Crippen LogP contribution in [0.25, 0.3) is 21.3 Å². The van der Waals surface area contributed by atoms with E-state index in [1.165, 1.54) is 11.3 Å². The Morgan fingerprint density at radius 3 is 2.34 bits per heavy atom. The zero-order valence-corrected chi connectivity index (χ0v) is 25.5. The van der Waals surface area contributed by atoms with Crippen LogP contribution in [0.2, 0.25) is 0 Å². The Hall–Kier alpha value is -3.56. The van der Waals surface area contributed by atoms with Crippen molar-refractivity contribution in [3.63, 3.8) is 0 Å². The molecular formula is C26H36N8O5S2. The van der Waals surface area contributed by atoms with Gasteiger partial charge in [-0.1, -0.05) is 11.3 Å². The number of aromatic nitrogens is 3. The minimum absolute atomic E-state index is 0.00946. The molecule has 2 amide bonds. The minimum Gasteiger partial charge on any atom is -0.465 e. The van der Waals surface area contributed by atoms with Gasteiger partial charge in [0.1, 0.15) is 0 Å². The Labute approximate surface area is 243 Å². The van der Waals surface area contributed by atoms with Crippen molar-refractivity contribution in [2.75, 3.05) is 60.8 Å². The predicted octanol–water partition coefficient (Wildman–Crippen LogP) is 3.12. The number of rotatable bonds is 9. The molecule has 3 heterocycles. The first-order valence-electron chi connectivity index (χ1n) is 13.4. The van der Waals surface area contributed by atoms with E-state index in [1.54, 1.807) is 40.1 Å². The van der Waals surface area contributed by atoms with Crippen molar-refractivity contribution in [2.24, 2.45) is 0 Å². The van der Waals surface area contributed by atoms with Crippen LogP contribution in [-0.2, 0) is 19.6 Å². The summed E-state index contributed by atoms with van der Waals surface area (Å²) in [6, 6.07) is 3.59. The topological polar surface area (TPSA) is 159 Å². The molecule has 1 aliphatic rings. The molecule has 15 heteroatoms. The molecule has 222 valence electrons. The van der Waals surface area contributed by atoms with Crippen LogP contribution in [0.3, 0.4) is 0 Å². The van der Waals surface area contributed by atoms with Crippen LogP contribution in [0.4, 0.5) is 21.6 Å². The third-order valence-corrected chi connectivity index (χ3v) is 9.49. The quantitative estimate of drug-likeness (QED) is 0.310. The lowest BCUT2D eigenvalue weighted by atomic mass is 10.1. The molecule has 2 aromatic heterocycles. The van der Waals surface area contributed by atoms with E-state index < -0.39 is 14.8 Å². The van der Waals surface area contributed by atoms with Crippen molar-refractivity contribution in [3.8, 4) is 11.1 Å². The van der Waals surface area contributed by atoms with Gasteiger partial charge in [-0.2, -0.15) is 0 Å². The Kier molecular flexibility index (Phi) is 9.29. The number of hydrogen-bond acceptors (Lipinski definition) is 11. The van der Waals surface area contributed by atoms with Crippen LogP contribution in [-0.4, -0.2) is 90.9 Å². The Morgan fingerprint density at radius 1 is 1.05 bits per heavy atom. The minimum atomic E-state index is -3.67. The summed E-state index contributed by atoms with van der Waals surface area (Å²) in [6.07, 6.45) is 3.13. The third kappa shape index (κ3) is 7.40. The Morgan fingerprint density at radius 2 is 1.73 bits per heavy atom.